The Labute approximate surface area is 120 Å². The fourth-order valence-corrected chi connectivity index (χ4v) is 2.24. The summed E-state index contributed by atoms with van der Waals surface area (Å²) in [5.74, 6) is -1.06. The van der Waals surface area contributed by atoms with Gasteiger partial charge < -0.3 is 20.4 Å². The number of carboxylic acids is 1. The van der Waals surface area contributed by atoms with Gasteiger partial charge in [-0.25, -0.2) is 14.6 Å². The third-order valence-electron chi connectivity index (χ3n) is 2.39. The van der Waals surface area contributed by atoms with Crippen molar-refractivity contribution in [1.29, 1.82) is 0 Å². The molecule has 8 heteroatoms. The number of carboxylic acid groups (broad SMARTS) is 1. The first kappa shape index (κ1) is 16.1. The zero-order valence-electron chi connectivity index (χ0n) is 10.9. The number of hydrogen-bond acceptors (Lipinski definition) is 5. The van der Waals surface area contributed by atoms with Crippen molar-refractivity contribution in [1.82, 2.24) is 15.2 Å². The highest BCUT2D eigenvalue weighted by Gasteiger charge is 2.12. The molecular formula is C12H17N3O4S. The predicted molar refractivity (Wildman–Crippen MR) is 75.0 cm³/mol. The van der Waals surface area contributed by atoms with Crippen LogP contribution in [0.25, 0.3) is 0 Å². The van der Waals surface area contributed by atoms with E-state index in [0.717, 1.165) is 0 Å². The Kier molecular flexibility index (Phi) is 6.68. The summed E-state index contributed by atoms with van der Waals surface area (Å²) in [6.07, 6.45) is 2.04. The van der Waals surface area contributed by atoms with E-state index in [1.165, 1.54) is 21.6 Å². The molecule has 0 saturated heterocycles. The molecule has 0 radical (unpaired) electrons. The van der Waals surface area contributed by atoms with Crippen LogP contribution >= 0.6 is 11.3 Å². The molecule has 0 aromatic carbocycles. The maximum atomic E-state index is 11.8. The van der Waals surface area contributed by atoms with E-state index in [4.69, 9.17) is 10.2 Å². The Morgan fingerprint density at radius 3 is 2.85 bits per heavy atom. The second kappa shape index (κ2) is 8.28. The number of hydrogen-bond donors (Lipinski definition) is 3. The maximum absolute atomic E-state index is 11.8. The average Bonchev–Trinajstić information content (AvgIpc) is 2.87. The summed E-state index contributed by atoms with van der Waals surface area (Å²) in [6, 6.07) is -0.297. The maximum Gasteiger partial charge on any atom is 0.355 e. The Hall–Kier alpha value is -1.93. The summed E-state index contributed by atoms with van der Waals surface area (Å²) in [4.78, 5) is 27.8. The van der Waals surface area contributed by atoms with Gasteiger partial charge in [-0.2, -0.15) is 0 Å². The largest absolute Gasteiger partial charge is 0.476 e. The van der Waals surface area contributed by atoms with Gasteiger partial charge in [-0.1, -0.05) is 6.08 Å². The normalized spacial score (nSPS) is 10.1. The number of aromatic nitrogens is 1. The van der Waals surface area contributed by atoms with Crippen LogP contribution in [0.3, 0.4) is 0 Å². The molecule has 1 aromatic heterocycles. The molecule has 0 aliphatic heterocycles. The first-order chi connectivity index (χ1) is 9.58. The molecule has 0 saturated carbocycles. The smallest absolute Gasteiger partial charge is 0.355 e. The first-order valence-electron chi connectivity index (χ1n) is 6.00. The molecule has 2 amide bonds. The number of carbonyl (C=O) groups excluding carboxylic acids is 1. The van der Waals surface area contributed by atoms with Gasteiger partial charge in [0.2, 0.25) is 0 Å². The van der Waals surface area contributed by atoms with Crippen LogP contribution in [0.1, 0.15) is 15.5 Å². The van der Waals surface area contributed by atoms with E-state index < -0.39 is 5.97 Å². The topological polar surface area (TPSA) is 103 Å². The minimum atomic E-state index is -1.06. The molecule has 0 atom stereocenters. The van der Waals surface area contributed by atoms with E-state index in [2.05, 4.69) is 16.9 Å². The van der Waals surface area contributed by atoms with E-state index in [0.29, 0.717) is 24.5 Å². The molecular weight excluding hydrogens is 282 g/mol. The van der Waals surface area contributed by atoms with Gasteiger partial charge in [-0.3, -0.25) is 0 Å². The zero-order valence-corrected chi connectivity index (χ0v) is 11.7. The number of rotatable bonds is 8. The van der Waals surface area contributed by atoms with Crippen LogP contribution in [0.5, 0.6) is 0 Å². The fraction of sp³-hybridized carbons (Fsp3) is 0.417. The van der Waals surface area contributed by atoms with Gasteiger partial charge in [0, 0.05) is 31.4 Å². The minimum Gasteiger partial charge on any atom is -0.476 e. The van der Waals surface area contributed by atoms with Crippen molar-refractivity contribution in [2.24, 2.45) is 0 Å². The number of carbonyl (C=O) groups is 2. The standard InChI is InChI=1S/C12H17N3O4S/c1-2-5-15(6-7-16)12(19)13-4-3-10-14-9(8-20-10)11(17)18/h2,8,16H,1,3-7H2,(H,13,19)(H,17,18). The van der Waals surface area contributed by atoms with Gasteiger partial charge in [-0.05, 0) is 0 Å². The Morgan fingerprint density at radius 1 is 1.55 bits per heavy atom. The lowest BCUT2D eigenvalue weighted by Crippen LogP contribution is -2.42. The number of urea groups is 1. The summed E-state index contributed by atoms with van der Waals surface area (Å²) < 4.78 is 0. The van der Waals surface area contributed by atoms with Crippen LogP contribution in [0.15, 0.2) is 18.0 Å². The number of amides is 2. The van der Waals surface area contributed by atoms with Crippen molar-refractivity contribution in [2.75, 3.05) is 26.2 Å². The highest BCUT2D eigenvalue weighted by Crippen LogP contribution is 2.09. The van der Waals surface area contributed by atoms with Crippen LogP contribution in [-0.4, -0.2) is 58.3 Å². The zero-order chi connectivity index (χ0) is 15.0. The highest BCUT2D eigenvalue weighted by atomic mass is 32.1. The van der Waals surface area contributed by atoms with Crippen LogP contribution < -0.4 is 5.32 Å². The Morgan fingerprint density at radius 2 is 2.30 bits per heavy atom. The van der Waals surface area contributed by atoms with E-state index in [-0.39, 0.29) is 24.9 Å². The molecule has 0 unspecified atom stereocenters. The van der Waals surface area contributed by atoms with Gasteiger partial charge in [0.25, 0.3) is 0 Å². The van der Waals surface area contributed by atoms with Gasteiger partial charge in [0.05, 0.1) is 11.6 Å². The molecule has 110 valence electrons. The molecule has 1 rings (SSSR count). The summed E-state index contributed by atoms with van der Waals surface area (Å²) >= 11 is 1.25. The van der Waals surface area contributed by atoms with E-state index >= 15 is 0 Å². The lowest BCUT2D eigenvalue weighted by molar-refractivity contribution is 0.0691. The van der Waals surface area contributed by atoms with Crippen LogP contribution in [0, 0.1) is 0 Å². The molecule has 3 N–H and O–H groups in total. The van der Waals surface area contributed by atoms with Crippen molar-refractivity contribution >= 4 is 23.3 Å². The second-order valence-electron chi connectivity index (χ2n) is 3.87. The molecule has 0 fully saturated rings. The molecule has 0 bridgehead atoms. The molecule has 1 aromatic rings. The van der Waals surface area contributed by atoms with Crippen molar-refractivity contribution in [2.45, 2.75) is 6.42 Å². The molecule has 1 heterocycles. The Balaban J connectivity index is 2.39. The third kappa shape index (κ3) is 4.98. The van der Waals surface area contributed by atoms with E-state index in [9.17, 15) is 9.59 Å². The molecule has 20 heavy (non-hydrogen) atoms. The Bertz CT molecular complexity index is 475. The van der Waals surface area contributed by atoms with Crippen LogP contribution in [0.2, 0.25) is 0 Å². The number of nitrogens with zero attached hydrogens (tertiary/aromatic N) is 2. The molecule has 0 aliphatic rings. The molecule has 7 nitrogen and oxygen atoms in total. The van der Waals surface area contributed by atoms with E-state index in [1.807, 2.05) is 0 Å². The van der Waals surface area contributed by atoms with Crippen molar-refractivity contribution in [3.05, 3.63) is 28.7 Å². The van der Waals surface area contributed by atoms with Crippen molar-refractivity contribution < 1.29 is 19.8 Å². The second-order valence-corrected chi connectivity index (χ2v) is 4.81. The third-order valence-corrected chi connectivity index (χ3v) is 3.30. The number of aliphatic hydroxyl groups is 1. The summed E-state index contributed by atoms with van der Waals surface area (Å²) in [5.41, 5.74) is 0.0184. The number of thiazole rings is 1. The monoisotopic (exact) mass is 299 g/mol. The summed E-state index contributed by atoms with van der Waals surface area (Å²) in [6.45, 7) is 4.37. The first-order valence-corrected chi connectivity index (χ1v) is 6.88. The fourth-order valence-electron chi connectivity index (χ4n) is 1.46. The number of aliphatic hydroxyl groups excluding tert-OH is 1. The molecule has 0 aliphatic carbocycles. The van der Waals surface area contributed by atoms with Crippen LogP contribution in [0.4, 0.5) is 4.79 Å². The van der Waals surface area contributed by atoms with Gasteiger partial charge >= 0.3 is 12.0 Å². The van der Waals surface area contributed by atoms with Gasteiger partial charge in [0.1, 0.15) is 0 Å². The minimum absolute atomic E-state index is 0.0184. The average molecular weight is 299 g/mol. The SMILES string of the molecule is C=CCN(CCO)C(=O)NCCc1nc(C(=O)O)cs1. The molecule has 0 spiro atoms. The summed E-state index contributed by atoms with van der Waals surface area (Å²) in [5, 5.41) is 22.4. The van der Waals surface area contributed by atoms with E-state index in [1.54, 1.807) is 6.08 Å². The predicted octanol–water partition coefficient (Wildman–Crippen LogP) is 0.574. The lowest BCUT2D eigenvalue weighted by Gasteiger charge is -2.20. The quantitative estimate of drug-likeness (QED) is 0.609. The van der Waals surface area contributed by atoms with Crippen molar-refractivity contribution in [3.63, 3.8) is 0 Å². The number of aromatic carboxylic acids is 1. The lowest BCUT2D eigenvalue weighted by atomic mass is 10.4. The van der Waals surface area contributed by atoms with Gasteiger partial charge in [-0.15, -0.1) is 17.9 Å². The summed E-state index contributed by atoms with van der Waals surface area (Å²) in [7, 11) is 0. The van der Waals surface area contributed by atoms with Gasteiger partial charge in [0.15, 0.2) is 5.69 Å². The van der Waals surface area contributed by atoms with Crippen LogP contribution in [-0.2, 0) is 6.42 Å². The highest BCUT2D eigenvalue weighted by molar-refractivity contribution is 7.09. The number of nitrogens with one attached hydrogen (secondary N) is 1. The van der Waals surface area contributed by atoms with Crippen molar-refractivity contribution in [3.8, 4) is 0 Å².